The van der Waals surface area contributed by atoms with Crippen LogP contribution in [-0.2, 0) is 4.79 Å². The summed E-state index contributed by atoms with van der Waals surface area (Å²) in [6.07, 6.45) is 0.876. The normalized spacial score (nSPS) is 21.6. The van der Waals surface area contributed by atoms with Crippen molar-refractivity contribution < 1.29 is 14.3 Å². The fourth-order valence-electron chi connectivity index (χ4n) is 2.47. The highest BCUT2D eigenvalue weighted by Crippen LogP contribution is 2.30. The first-order valence-corrected chi connectivity index (χ1v) is 7.00. The van der Waals surface area contributed by atoms with Gasteiger partial charge in [-0.25, -0.2) is 0 Å². The molecule has 0 aliphatic carbocycles. The summed E-state index contributed by atoms with van der Waals surface area (Å²) >= 11 is 0. The topological polar surface area (TPSA) is 59.6 Å². The van der Waals surface area contributed by atoms with E-state index in [9.17, 15) is 4.79 Å². The number of carbonyl (C=O) groups is 1. The van der Waals surface area contributed by atoms with E-state index in [-0.39, 0.29) is 17.9 Å². The van der Waals surface area contributed by atoms with E-state index in [1.165, 1.54) is 0 Å². The van der Waals surface area contributed by atoms with Gasteiger partial charge in [0, 0.05) is 17.8 Å². The average molecular weight is 278 g/mol. The molecule has 5 nitrogen and oxygen atoms in total. The quantitative estimate of drug-likeness (QED) is 0.865. The van der Waals surface area contributed by atoms with Crippen molar-refractivity contribution in [1.29, 1.82) is 0 Å². The van der Waals surface area contributed by atoms with Crippen LogP contribution >= 0.6 is 0 Å². The van der Waals surface area contributed by atoms with E-state index in [2.05, 4.69) is 10.6 Å². The molecule has 20 heavy (non-hydrogen) atoms. The van der Waals surface area contributed by atoms with Crippen molar-refractivity contribution in [3.05, 3.63) is 18.2 Å². The molecule has 2 N–H and O–H groups in total. The molecule has 0 spiro atoms. The standard InChI is InChI=1S/C15H22N2O3/c1-4-20-13-6-5-11(9-14(13)19-3)17-15(18)12-7-8-16-10(12)2/h5-6,9-10,12,16H,4,7-8H2,1-3H3,(H,17,18). The van der Waals surface area contributed by atoms with Crippen molar-refractivity contribution in [1.82, 2.24) is 5.32 Å². The van der Waals surface area contributed by atoms with Crippen LogP contribution < -0.4 is 20.1 Å². The van der Waals surface area contributed by atoms with E-state index < -0.39 is 0 Å². The molecule has 0 saturated carbocycles. The van der Waals surface area contributed by atoms with Crippen LogP contribution in [0.2, 0.25) is 0 Å². The summed E-state index contributed by atoms with van der Waals surface area (Å²) in [6.45, 7) is 5.43. The van der Waals surface area contributed by atoms with Gasteiger partial charge in [-0.2, -0.15) is 0 Å². The second-order valence-corrected chi connectivity index (χ2v) is 4.93. The molecule has 1 amide bonds. The molecule has 1 aromatic rings. The third kappa shape index (κ3) is 3.22. The van der Waals surface area contributed by atoms with Crippen LogP contribution in [0, 0.1) is 5.92 Å². The van der Waals surface area contributed by atoms with Crippen LogP contribution in [0.15, 0.2) is 18.2 Å². The molecule has 0 aromatic heterocycles. The maximum Gasteiger partial charge on any atom is 0.229 e. The van der Waals surface area contributed by atoms with Gasteiger partial charge >= 0.3 is 0 Å². The van der Waals surface area contributed by atoms with E-state index in [4.69, 9.17) is 9.47 Å². The maximum atomic E-state index is 12.2. The predicted molar refractivity (Wildman–Crippen MR) is 78.4 cm³/mol. The largest absolute Gasteiger partial charge is 0.493 e. The third-order valence-electron chi connectivity index (χ3n) is 3.59. The Balaban J connectivity index is 2.07. The Morgan fingerprint density at radius 2 is 2.25 bits per heavy atom. The van der Waals surface area contributed by atoms with Crippen LogP contribution in [0.5, 0.6) is 11.5 Å². The summed E-state index contributed by atoms with van der Waals surface area (Å²) < 4.78 is 10.7. The summed E-state index contributed by atoms with van der Waals surface area (Å²) in [7, 11) is 1.59. The van der Waals surface area contributed by atoms with Crippen LogP contribution in [0.4, 0.5) is 5.69 Å². The molecule has 2 unspecified atom stereocenters. The fourth-order valence-corrected chi connectivity index (χ4v) is 2.47. The van der Waals surface area contributed by atoms with Gasteiger partial charge in [-0.05, 0) is 38.9 Å². The highest BCUT2D eigenvalue weighted by Gasteiger charge is 2.29. The lowest BCUT2D eigenvalue weighted by Crippen LogP contribution is -2.32. The SMILES string of the molecule is CCOc1ccc(NC(=O)C2CCNC2C)cc1OC. The number of amides is 1. The molecule has 2 atom stereocenters. The molecule has 0 radical (unpaired) electrons. The molecule has 1 fully saturated rings. The Hall–Kier alpha value is -1.75. The zero-order valence-corrected chi connectivity index (χ0v) is 12.2. The third-order valence-corrected chi connectivity index (χ3v) is 3.59. The monoisotopic (exact) mass is 278 g/mol. The lowest BCUT2D eigenvalue weighted by molar-refractivity contribution is -0.120. The lowest BCUT2D eigenvalue weighted by Gasteiger charge is -2.16. The minimum absolute atomic E-state index is 0.0209. The van der Waals surface area contributed by atoms with Crippen molar-refractivity contribution in [3.63, 3.8) is 0 Å². The molecule has 5 heteroatoms. The van der Waals surface area contributed by atoms with Crippen molar-refractivity contribution in [2.75, 3.05) is 25.6 Å². The molecule has 1 aliphatic heterocycles. The lowest BCUT2D eigenvalue weighted by atomic mass is 10.0. The number of hydrogen-bond donors (Lipinski definition) is 2. The summed E-state index contributed by atoms with van der Waals surface area (Å²) in [5.41, 5.74) is 0.731. The van der Waals surface area contributed by atoms with E-state index >= 15 is 0 Å². The Morgan fingerprint density at radius 1 is 1.45 bits per heavy atom. The predicted octanol–water partition coefficient (Wildman–Crippen LogP) is 2.03. The van der Waals surface area contributed by atoms with Gasteiger partial charge in [0.05, 0.1) is 19.6 Å². The summed E-state index contributed by atoms with van der Waals surface area (Å²) in [4.78, 5) is 12.2. The molecule has 2 rings (SSSR count). The molecule has 1 aliphatic rings. The molecule has 1 heterocycles. The second-order valence-electron chi connectivity index (χ2n) is 4.93. The van der Waals surface area contributed by atoms with Gasteiger partial charge in [-0.3, -0.25) is 4.79 Å². The highest BCUT2D eigenvalue weighted by molar-refractivity contribution is 5.93. The van der Waals surface area contributed by atoms with E-state index in [1.54, 1.807) is 13.2 Å². The van der Waals surface area contributed by atoms with Gasteiger partial charge in [0.1, 0.15) is 0 Å². The fraction of sp³-hybridized carbons (Fsp3) is 0.533. The number of methoxy groups -OCH3 is 1. The van der Waals surface area contributed by atoms with Crippen molar-refractivity contribution in [2.45, 2.75) is 26.3 Å². The minimum Gasteiger partial charge on any atom is -0.493 e. The number of anilines is 1. The van der Waals surface area contributed by atoms with Gasteiger partial charge in [0.2, 0.25) is 5.91 Å². The molecular weight excluding hydrogens is 256 g/mol. The molecule has 110 valence electrons. The Morgan fingerprint density at radius 3 is 2.85 bits per heavy atom. The van der Waals surface area contributed by atoms with Crippen LogP contribution in [0.1, 0.15) is 20.3 Å². The molecule has 0 bridgehead atoms. The first-order valence-electron chi connectivity index (χ1n) is 7.00. The van der Waals surface area contributed by atoms with Crippen LogP contribution in [0.25, 0.3) is 0 Å². The van der Waals surface area contributed by atoms with E-state index in [0.717, 1.165) is 18.7 Å². The maximum absolute atomic E-state index is 12.2. The van der Waals surface area contributed by atoms with Gasteiger partial charge < -0.3 is 20.1 Å². The first-order chi connectivity index (χ1) is 9.65. The highest BCUT2D eigenvalue weighted by atomic mass is 16.5. The Kier molecular flexibility index (Phi) is 4.84. The number of rotatable bonds is 5. The van der Waals surface area contributed by atoms with E-state index in [1.807, 2.05) is 26.0 Å². The summed E-state index contributed by atoms with van der Waals surface area (Å²) in [6, 6.07) is 5.66. The van der Waals surface area contributed by atoms with Gasteiger partial charge in [-0.15, -0.1) is 0 Å². The van der Waals surface area contributed by atoms with Crippen molar-refractivity contribution in [2.24, 2.45) is 5.92 Å². The van der Waals surface area contributed by atoms with Crippen molar-refractivity contribution in [3.8, 4) is 11.5 Å². The molecule has 1 aromatic carbocycles. The number of ether oxygens (including phenoxy) is 2. The zero-order chi connectivity index (χ0) is 14.5. The molecular formula is C15H22N2O3. The average Bonchev–Trinajstić information content (AvgIpc) is 2.87. The second kappa shape index (κ2) is 6.61. The van der Waals surface area contributed by atoms with Crippen LogP contribution in [-0.4, -0.2) is 32.2 Å². The van der Waals surface area contributed by atoms with Crippen LogP contribution in [0.3, 0.4) is 0 Å². The van der Waals surface area contributed by atoms with Gasteiger partial charge in [-0.1, -0.05) is 0 Å². The Bertz CT molecular complexity index is 476. The van der Waals surface area contributed by atoms with Gasteiger partial charge in [0.25, 0.3) is 0 Å². The number of hydrogen-bond acceptors (Lipinski definition) is 4. The number of benzene rings is 1. The Labute approximate surface area is 119 Å². The minimum atomic E-state index is 0.0209. The zero-order valence-electron chi connectivity index (χ0n) is 12.2. The van der Waals surface area contributed by atoms with Crippen molar-refractivity contribution >= 4 is 11.6 Å². The number of nitrogens with one attached hydrogen (secondary N) is 2. The first kappa shape index (κ1) is 14.7. The van der Waals surface area contributed by atoms with Gasteiger partial charge in [0.15, 0.2) is 11.5 Å². The summed E-state index contributed by atoms with van der Waals surface area (Å²) in [5, 5.41) is 6.22. The van der Waals surface area contributed by atoms with E-state index in [0.29, 0.717) is 18.1 Å². The molecule has 1 saturated heterocycles. The number of carbonyl (C=O) groups excluding carboxylic acids is 1. The summed E-state index contributed by atoms with van der Waals surface area (Å²) in [5.74, 6) is 1.38. The smallest absolute Gasteiger partial charge is 0.229 e.